The SMILES string of the molecule is CCCCc1ccc(-c2nc(C)c(COc3ccc([C@H](CC(C)=O)c4ccon4)cc3)s2)cc1. The lowest BCUT2D eigenvalue weighted by Gasteiger charge is -2.14. The highest BCUT2D eigenvalue weighted by atomic mass is 32.1. The Bertz CT molecular complexity index is 1200. The molecule has 0 radical (unpaired) electrons. The summed E-state index contributed by atoms with van der Waals surface area (Å²) in [5.41, 5.74) is 5.29. The first-order chi connectivity index (χ1) is 16.5. The van der Waals surface area contributed by atoms with Crippen molar-refractivity contribution in [2.45, 2.75) is 59.0 Å². The molecule has 0 aliphatic heterocycles. The highest BCUT2D eigenvalue weighted by Gasteiger charge is 2.19. The molecule has 34 heavy (non-hydrogen) atoms. The van der Waals surface area contributed by atoms with Gasteiger partial charge in [0.1, 0.15) is 29.4 Å². The van der Waals surface area contributed by atoms with Crippen LogP contribution in [-0.2, 0) is 17.8 Å². The maximum absolute atomic E-state index is 11.8. The number of carbonyl (C=O) groups excluding carboxylic acids is 1. The molecule has 0 saturated carbocycles. The smallest absolute Gasteiger partial charge is 0.130 e. The maximum atomic E-state index is 11.8. The Labute approximate surface area is 204 Å². The number of benzene rings is 2. The highest BCUT2D eigenvalue weighted by Crippen LogP contribution is 2.31. The summed E-state index contributed by atoms with van der Waals surface area (Å²) in [4.78, 5) is 17.6. The molecular formula is C28H30N2O3S. The number of nitrogens with zero attached hydrogens (tertiary/aromatic N) is 2. The molecule has 0 bridgehead atoms. The summed E-state index contributed by atoms with van der Waals surface area (Å²) in [6.45, 7) is 6.31. The molecule has 0 unspecified atom stereocenters. The van der Waals surface area contributed by atoms with Crippen molar-refractivity contribution < 1.29 is 14.1 Å². The van der Waals surface area contributed by atoms with Crippen LogP contribution in [-0.4, -0.2) is 15.9 Å². The van der Waals surface area contributed by atoms with E-state index >= 15 is 0 Å². The van der Waals surface area contributed by atoms with E-state index in [2.05, 4.69) is 36.3 Å². The van der Waals surface area contributed by atoms with Gasteiger partial charge in [0.25, 0.3) is 0 Å². The third-order valence-corrected chi connectivity index (χ3v) is 7.05. The fourth-order valence-electron chi connectivity index (χ4n) is 3.91. The minimum absolute atomic E-state index is 0.111. The molecule has 0 amide bonds. The van der Waals surface area contributed by atoms with Crippen LogP contribution in [0.15, 0.2) is 65.4 Å². The first-order valence-electron chi connectivity index (χ1n) is 11.7. The molecule has 0 N–H and O–H groups in total. The fraction of sp³-hybridized carbons (Fsp3) is 0.321. The van der Waals surface area contributed by atoms with Crippen molar-refractivity contribution in [2.24, 2.45) is 0 Å². The maximum Gasteiger partial charge on any atom is 0.130 e. The van der Waals surface area contributed by atoms with Gasteiger partial charge in [-0.3, -0.25) is 4.79 Å². The van der Waals surface area contributed by atoms with Gasteiger partial charge in [-0.05, 0) is 49.9 Å². The largest absolute Gasteiger partial charge is 0.488 e. The second-order valence-corrected chi connectivity index (χ2v) is 9.65. The zero-order valence-electron chi connectivity index (χ0n) is 19.9. The number of carbonyl (C=O) groups is 1. The lowest BCUT2D eigenvalue weighted by molar-refractivity contribution is -0.117. The van der Waals surface area contributed by atoms with Crippen LogP contribution in [0.4, 0.5) is 0 Å². The van der Waals surface area contributed by atoms with E-state index in [1.54, 1.807) is 24.3 Å². The zero-order chi connectivity index (χ0) is 23.9. The summed E-state index contributed by atoms with van der Waals surface area (Å²) in [7, 11) is 0. The Hall–Kier alpha value is -3.25. The van der Waals surface area contributed by atoms with Crippen LogP contribution in [0.2, 0.25) is 0 Å². The van der Waals surface area contributed by atoms with Crippen molar-refractivity contribution in [3.05, 3.63) is 88.3 Å². The molecule has 1 atom stereocenters. The van der Waals surface area contributed by atoms with Gasteiger partial charge in [-0.1, -0.05) is 54.9 Å². The molecule has 2 aromatic carbocycles. The molecule has 2 heterocycles. The Morgan fingerprint density at radius 1 is 1.09 bits per heavy atom. The minimum atomic E-state index is -0.120. The summed E-state index contributed by atoms with van der Waals surface area (Å²) in [6.07, 6.45) is 5.47. The summed E-state index contributed by atoms with van der Waals surface area (Å²) >= 11 is 1.68. The molecule has 176 valence electrons. The van der Waals surface area contributed by atoms with Crippen molar-refractivity contribution in [3.63, 3.8) is 0 Å². The number of Topliss-reactive ketones (excluding diaryl/α,β-unsaturated/α-hetero) is 1. The number of ketones is 1. The molecule has 2 aromatic heterocycles. The van der Waals surface area contributed by atoms with Crippen molar-refractivity contribution in [1.82, 2.24) is 10.1 Å². The van der Waals surface area contributed by atoms with Crippen molar-refractivity contribution >= 4 is 17.1 Å². The number of thiazole rings is 1. The number of ether oxygens (including phenoxy) is 1. The van der Waals surface area contributed by atoms with Crippen molar-refractivity contribution in [1.29, 1.82) is 0 Å². The van der Waals surface area contributed by atoms with E-state index in [1.165, 1.54) is 24.7 Å². The van der Waals surface area contributed by atoms with Gasteiger partial charge in [0.15, 0.2) is 0 Å². The first-order valence-corrected chi connectivity index (χ1v) is 12.5. The minimum Gasteiger partial charge on any atom is -0.488 e. The molecule has 0 saturated heterocycles. The standard InChI is InChI=1S/C28H30N2O3S/c1-4-5-6-21-7-9-23(10-8-21)28-29-20(3)27(34-28)18-32-24-13-11-22(12-14-24)25(17-19(2)31)26-15-16-33-30-26/h7-16,25H,4-6,17-18H2,1-3H3/t25-/m0/s1. The van der Waals surface area contributed by atoms with Crippen molar-refractivity contribution in [2.75, 3.05) is 0 Å². The van der Waals surface area contributed by atoms with Crippen LogP contribution in [0.3, 0.4) is 0 Å². The van der Waals surface area contributed by atoms with Gasteiger partial charge in [0.2, 0.25) is 0 Å². The van der Waals surface area contributed by atoms with E-state index in [1.807, 2.05) is 31.2 Å². The second-order valence-electron chi connectivity index (χ2n) is 8.57. The second kappa shape index (κ2) is 11.3. The fourth-order valence-corrected chi connectivity index (χ4v) is 4.89. The van der Waals surface area contributed by atoms with E-state index < -0.39 is 0 Å². The van der Waals surface area contributed by atoms with Crippen LogP contribution in [0.1, 0.15) is 66.4 Å². The monoisotopic (exact) mass is 474 g/mol. The average molecular weight is 475 g/mol. The Balaban J connectivity index is 1.41. The summed E-state index contributed by atoms with van der Waals surface area (Å²) in [5, 5.41) is 5.06. The molecule has 5 nitrogen and oxygen atoms in total. The van der Waals surface area contributed by atoms with Gasteiger partial charge in [0.05, 0.1) is 16.3 Å². The Morgan fingerprint density at radius 3 is 2.50 bits per heavy atom. The highest BCUT2D eigenvalue weighted by molar-refractivity contribution is 7.15. The van der Waals surface area contributed by atoms with Gasteiger partial charge in [-0.15, -0.1) is 11.3 Å². The van der Waals surface area contributed by atoms with Crippen LogP contribution < -0.4 is 4.74 Å². The summed E-state index contributed by atoms with van der Waals surface area (Å²) in [5.74, 6) is 0.769. The number of rotatable bonds is 11. The zero-order valence-corrected chi connectivity index (χ0v) is 20.7. The molecule has 0 aliphatic carbocycles. The van der Waals surface area contributed by atoms with E-state index in [-0.39, 0.29) is 11.7 Å². The van der Waals surface area contributed by atoms with Gasteiger partial charge in [-0.2, -0.15) is 0 Å². The van der Waals surface area contributed by atoms with E-state index in [0.717, 1.165) is 44.6 Å². The number of unbranched alkanes of at least 4 members (excludes halogenated alkanes) is 1. The third-order valence-electron chi connectivity index (χ3n) is 5.87. The number of hydrogen-bond acceptors (Lipinski definition) is 6. The van der Waals surface area contributed by atoms with Gasteiger partial charge < -0.3 is 9.26 Å². The Kier molecular flexibility index (Phi) is 7.91. The quantitative estimate of drug-likeness (QED) is 0.231. The number of aromatic nitrogens is 2. The summed E-state index contributed by atoms with van der Waals surface area (Å²) in [6, 6.07) is 18.4. The van der Waals surface area contributed by atoms with Crippen LogP contribution in [0, 0.1) is 6.92 Å². The molecule has 6 heteroatoms. The molecule has 0 spiro atoms. The molecule has 4 rings (SSSR count). The number of hydrogen-bond donors (Lipinski definition) is 0. The van der Waals surface area contributed by atoms with Crippen LogP contribution >= 0.6 is 11.3 Å². The molecular weight excluding hydrogens is 444 g/mol. The van der Waals surface area contributed by atoms with Gasteiger partial charge in [0, 0.05) is 24.0 Å². The van der Waals surface area contributed by atoms with Gasteiger partial charge in [-0.25, -0.2) is 4.98 Å². The van der Waals surface area contributed by atoms with Crippen LogP contribution in [0.5, 0.6) is 5.75 Å². The molecule has 4 aromatic rings. The topological polar surface area (TPSA) is 65.2 Å². The lowest BCUT2D eigenvalue weighted by Crippen LogP contribution is -2.06. The Morgan fingerprint density at radius 2 is 1.85 bits per heavy atom. The summed E-state index contributed by atoms with van der Waals surface area (Å²) < 4.78 is 11.0. The van der Waals surface area contributed by atoms with Crippen molar-refractivity contribution in [3.8, 4) is 16.3 Å². The first kappa shape index (κ1) is 23.9. The third kappa shape index (κ3) is 6.00. The van der Waals surface area contributed by atoms with Crippen LogP contribution in [0.25, 0.3) is 10.6 Å². The molecule has 0 aliphatic rings. The predicted molar refractivity (Wildman–Crippen MR) is 135 cm³/mol. The van der Waals surface area contributed by atoms with E-state index in [0.29, 0.717) is 13.0 Å². The predicted octanol–water partition coefficient (Wildman–Crippen LogP) is 7.14. The van der Waals surface area contributed by atoms with E-state index in [4.69, 9.17) is 14.2 Å². The number of aryl methyl sites for hydroxylation is 2. The average Bonchev–Trinajstić information content (AvgIpc) is 3.51. The normalized spacial score (nSPS) is 12.0. The van der Waals surface area contributed by atoms with Gasteiger partial charge >= 0.3 is 0 Å². The lowest BCUT2D eigenvalue weighted by atomic mass is 9.91. The van der Waals surface area contributed by atoms with E-state index in [9.17, 15) is 4.79 Å². The molecule has 0 fully saturated rings.